The molecule has 0 aromatic heterocycles. The van der Waals surface area contributed by atoms with Crippen molar-refractivity contribution in [2.75, 3.05) is 0 Å². The zero-order valence-electron chi connectivity index (χ0n) is 9.19. The first-order chi connectivity index (χ1) is 7.86. The van der Waals surface area contributed by atoms with E-state index in [0.29, 0.717) is 0 Å². The third-order valence-electron chi connectivity index (χ3n) is 2.99. The van der Waals surface area contributed by atoms with Gasteiger partial charge in [0, 0.05) is 0 Å². The van der Waals surface area contributed by atoms with E-state index in [1.807, 2.05) is 24.3 Å². The Labute approximate surface area is 95.5 Å². The van der Waals surface area contributed by atoms with Crippen molar-refractivity contribution in [3.63, 3.8) is 0 Å². The maximum atomic E-state index is 8.64. The van der Waals surface area contributed by atoms with Crippen molar-refractivity contribution in [1.82, 2.24) is 0 Å². The highest BCUT2D eigenvalue weighted by molar-refractivity contribution is 5.87. The standard InChI is InChI=1S/C14H14N2/c1-2-11-7-5-9-13(11)14-8-4-3-6-12(14)10-16-15/h2-4,6,8,10H,1,5,7,9H2. The number of rotatable bonds is 3. The maximum absolute atomic E-state index is 8.64. The third kappa shape index (κ3) is 1.88. The molecule has 1 aromatic carbocycles. The summed E-state index contributed by atoms with van der Waals surface area (Å²) in [7, 11) is 0. The lowest BCUT2D eigenvalue weighted by Gasteiger charge is -2.06. The highest BCUT2D eigenvalue weighted by atomic mass is 14.8. The van der Waals surface area contributed by atoms with E-state index in [1.54, 1.807) is 0 Å². The molecule has 80 valence electrons. The van der Waals surface area contributed by atoms with Gasteiger partial charge in [-0.25, -0.2) is 0 Å². The Hall–Kier alpha value is -1.92. The molecule has 0 radical (unpaired) electrons. The lowest BCUT2D eigenvalue weighted by Crippen LogP contribution is -1.92. The molecular formula is C14H14N2. The van der Waals surface area contributed by atoms with Gasteiger partial charge in [-0.1, -0.05) is 30.9 Å². The minimum atomic E-state index is 0.959. The molecule has 16 heavy (non-hydrogen) atoms. The highest BCUT2D eigenvalue weighted by Crippen LogP contribution is 2.35. The Morgan fingerprint density at radius 2 is 2.06 bits per heavy atom. The van der Waals surface area contributed by atoms with E-state index in [9.17, 15) is 0 Å². The summed E-state index contributed by atoms with van der Waals surface area (Å²) < 4.78 is 0. The molecule has 0 heterocycles. The van der Waals surface area contributed by atoms with Gasteiger partial charge in [0.2, 0.25) is 0 Å². The lowest BCUT2D eigenvalue weighted by atomic mass is 9.97. The summed E-state index contributed by atoms with van der Waals surface area (Å²) in [4.78, 5) is 3.12. The average molecular weight is 210 g/mol. The summed E-state index contributed by atoms with van der Waals surface area (Å²) in [6.45, 7) is 3.85. The molecule has 1 aromatic rings. The topological polar surface area (TPSA) is 36.4 Å². The van der Waals surface area contributed by atoms with Crippen LogP contribution in [0.4, 0.5) is 0 Å². The van der Waals surface area contributed by atoms with Gasteiger partial charge in [-0.3, -0.25) is 0 Å². The predicted octanol–water partition coefficient (Wildman–Crippen LogP) is 3.46. The van der Waals surface area contributed by atoms with E-state index < -0.39 is 0 Å². The zero-order valence-corrected chi connectivity index (χ0v) is 9.19. The normalized spacial score (nSPS) is 14.8. The monoisotopic (exact) mass is 210 g/mol. The Morgan fingerprint density at radius 1 is 1.25 bits per heavy atom. The molecule has 0 aliphatic heterocycles. The first-order valence-corrected chi connectivity index (χ1v) is 5.48. The number of nitrogens with zero attached hydrogens (tertiary/aromatic N) is 2. The van der Waals surface area contributed by atoms with Crippen LogP contribution in [0.2, 0.25) is 0 Å². The molecule has 0 spiro atoms. The zero-order chi connectivity index (χ0) is 11.4. The van der Waals surface area contributed by atoms with Crippen molar-refractivity contribution in [1.29, 1.82) is 0 Å². The second-order valence-electron chi connectivity index (χ2n) is 3.89. The fourth-order valence-corrected chi connectivity index (χ4v) is 2.25. The Kier molecular flexibility index (Phi) is 3.13. The molecule has 1 aliphatic rings. The Balaban J connectivity index is 2.55. The van der Waals surface area contributed by atoms with Crippen molar-refractivity contribution in [3.8, 4) is 0 Å². The second-order valence-corrected chi connectivity index (χ2v) is 3.89. The van der Waals surface area contributed by atoms with E-state index in [0.717, 1.165) is 24.0 Å². The fourth-order valence-electron chi connectivity index (χ4n) is 2.25. The summed E-state index contributed by atoms with van der Waals surface area (Å²) in [5.41, 5.74) is 13.4. The summed E-state index contributed by atoms with van der Waals surface area (Å²) in [6.07, 6.45) is 6.79. The summed E-state index contributed by atoms with van der Waals surface area (Å²) in [5, 5.41) is 0. The fraction of sp³-hybridized carbons (Fsp3) is 0.214. The smallest absolute Gasteiger partial charge is 0.288 e. The van der Waals surface area contributed by atoms with Crippen LogP contribution in [0.3, 0.4) is 0 Å². The molecule has 0 fully saturated rings. The summed E-state index contributed by atoms with van der Waals surface area (Å²) in [6, 6.07) is 7.99. The average Bonchev–Trinajstić information content (AvgIpc) is 2.78. The van der Waals surface area contributed by atoms with Crippen molar-refractivity contribution in [3.05, 3.63) is 59.2 Å². The van der Waals surface area contributed by atoms with Crippen LogP contribution in [0.25, 0.3) is 11.1 Å². The molecule has 0 bridgehead atoms. The molecule has 1 aliphatic carbocycles. The summed E-state index contributed by atoms with van der Waals surface area (Å²) in [5.74, 6) is 0. The maximum Gasteiger partial charge on any atom is 0.288 e. The number of benzene rings is 1. The van der Waals surface area contributed by atoms with Gasteiger partial charge in [0.15, 0.2) is 0 Å². The lowest BCUT2D eigenvalue weighted by molar-refractivity contribution is 0.00455. The Bertz CT molecular complexity index is 491. The van der Waals surface area contributed by atoms with Crippen LogP contribution >= 0.6 is 0 Å². The number of hydrogen-bond donors (Lipinski definition) is 0. The second kappa shape index (κ2) is 4.73. The van der Waals surface area contributed by atoms with E-state index in [2.05, 4.69) is 17.4 Å². The van der Waals surface area contributed by atoms with Crippen LogP contribution in [0.1, 0.15) is 30.4 Å². The first-order valence-electron chi connectivity index (χ1n) is 5.48. The van der Waals surface area contributed by atoms with E-state index in [-0.39, 0.29) is 0 Å². The molecule has 2 rings (SSSR count). The van der Waals surface area contributed by atoms with Crippen LogP contribution in [0.15, 0.2) is 42.5 Å². The van der Waals surface area contributed by atoms with Crippen molar-refractivity contribution in [2.24, 2.45) is 0 Å². The largest absolute Gasteiger partial charge is 0.361 e. The highest BCUT2D eigenvalue weighted by Gasteiger charge is 2.16. The van der Waals surface area contributed by atoms with Gasteiger partial charge < -0.3 is 5.53 Å². The van der Waals surface area contributed by atoms with Gasteiger partial charge in [-0.2, -0.15) is 4.79 Å². The minimum absolute atomic E-state index is 0.959. The van der Waals surface area contributed by atoms with E-state index in [1.165, 1.54) is 23.8 Å². The quantitative estimate of drug-likeness (QED) is 0.416. The number of hydrogen-bond acceptors (Lipinski definition) is 0. The minimum Gasteiger partial charge on any atom is -0.361 e. The molecule has 0 saturated carbocycles. The number of allylic oxidation sites excluding steroid dienone is 3. The summed E-state index contributed by atoms with van der Waals surface area (Å²) >= 11 is 0. The van der Waals surface area contributed by atoms with Gasteiger partial charge in [0.25, 0.3) is 6.21 Å². The van der Waals surface area contributed by atoms with Crippen LogP contribution in [0, 0.1) is 0 Å². The van der Waals surface area contributed by atoms with Gasteiger partial charge in [-0.15, -0.1) is 0 Å². The van der Waals surface area contributed by atoms with Crippen LogP contribution < -0.4 is 0 Å². The van der Waals surface area contributed by atoms with Crippen molar-refractivity contribution >= 4 is 11.8 Å². The molecule has 0 atom stereocenters. The van der Waals surface area contributed by atoms with E-state index in [4.69, 9.17) is 5.53 Å². The van der Waals surface area contributed by atoms with Gasteiger partial charge in [0.05, 0.1) is 5.56 Å². The molecule has 0 amide bonds. The van der Waals surface area contributed by atoms with Gasteiger partial charge in [0.1, 0.15) is 0 Å². The van der Waals surface area contributed by atoms with Crippen LogP contribution in [0.5, 0.6) is 0 Å². The van der Waals surface area contributed by atoms with E-state index >= 15 is 0 Å². The third-order valence-corrected chi connectivity index (χ3v) is 2.99. The molecule has 0 N–H and O–H groups in total. The van der Waals surface area contributed by atoms with Gasteiger partial charge in [-0.05, 0) is 42.0 Å². The molecule has 0 saturated heterocycles. The molecule has 2 heteroatoms. The first kappa shape index (κ1) is 10.6. The molecule has 0 unspecified atom stereocenters. The Morgan fingerprint density at radius 3 is 2.81 bits per heavy atom. The molecular weight excluding hydrogens is 196 g/mol. The van der Waals surface area contributed by atoms with Crippen molar-refractivity contribution in [2.45, 2.75) is 19.3 Å². The van der Waals surface area contributed by atoms with Crippen LogP contribution in [-0.2, 0) is 0 Å². The van der Waals surface area contributed by atoms with Crippen LogP contribution in [-0.4, -0.2) is 11.0 Å². The molecule has 2 nitrogen and oxygen atoms in total. The van der Waals surface area contributed by atoms with Gasteiger partial charge >= 0.3 is 0 Å². The van der Waals surface area contributed by atoms with Crippen molar-refractivity contribution < 1.29 is 4.79 Å². The predicted molar refractivity (Wildman–Crippen MR) is 66.2 cm³/mol. The SMILES string of the molecule is C=CC1=C(c2ccccc2C=[N+]=[N-])CCC1.